The fourth-order valence-electron chi connectivity index (χ4n) is 2.11. The lowest BCUT2D eigenvalue weighted by molar-refractivity contribution is -0.254. The van der Waals surface area contributed by atoms with Crippen molar-refractivity contribution in [2.45, 2.75) is 6.92 Å². The summed E-state index contributed by atoms with van der Waals surface area (Å²) in [6.07, 6.45) is 0. The predicted molar refractivity (Wildman–Crippen MR) is 74.1 cm³/mol. The van der Waals surface area contributed by atoms with Crippen LogP contribution in [0.5, 0.6) is 0 Å². The summed E-state index contributed by atoms with van der Waals surface area (Å²) < 4.78 is 0. The third-order valence-corrected chi connectivity index (χ3v) is 4.17. The van der Waals surface area contributed by atoms with E-state index in [-0.39, 0.29) is 4.88 Å². The molecule has 0 unspecified atom stereocenters. The number of fused-ring (bicyclic) bond motifs is 1. The minimum absolute atomic E-state index is 0.197. The summed E-state index contributed by atoms with van der Waals surface area (Å²) >= 11 is 1.16. The molecule has 0 aliphatic rings. The van der Waals surface area contributed by atoms with E-state index < -0.39 is 5.97 Å². The largest absolute Gasteiger partial charge is 0.544 e. The van der Waals surface area contributed by atoms with Crippen LogP contribution in [0.15, 0.2) is 42.5 Å². The van der Waals surface area contributed by atoms with Gasteiger partial charge in [-0.2, -0.15) is 0 Å². The second-order valence-corrected chi connectivity index (χ2v) is 5.25. The number of rotatable bonds is 2. The molecule has 0 saturated heterocycles. The fourth-order valence-corrected chi connectivity index (χ4v) is 3.05. The van der Waals surface area contributed by atoms with Gasteiger partial charge in [0.2, 0.25) is 0 Å². The molecule has 2 aromatic carbocycles. The first-order valence-corrected chi connectivity index (χ1v) is 6.65. The van der Waals surface area contributed by atoms with Crippen molar-refractivity contribution in [3.8, 4) is 10.6 Å². The van der Waals surface area contributed by atoms with Crippen LogP contribution >= 0.6 is 11.3 Å². The van der Waals surface area contributed by atoms with Crippen LogP contribution in [0.1, 0.15) is 15.4 Å². The van der Waals surface area contributed by atoms with E-state index in [0.29, 0.717) is 10.7 Å². The molecule has 0 amide bonds. The zero-order valence-electron chi connectivity index (χ0n) is 10.2. The Morgan fingerprint density at radius 2 is 1.89 bits per heavy atom. The van der Waals surface area contributed by atoms with Crippen molar-refractivity contribution in [3.63, 3.8) is 0 Å². The molecule has 0 radical (unpaired) electrons. The molecule has 19 heavy (non-hydrogen) atoms. The fraction of sp³-hybridized carbons (Fsp3) is 0.0667. The minimum Gasteiger partial charge on any atom is -0.544 e. The van der Waals surface area contributed by atoms with Gasteiger partial charge < -0.3 is 9.90 Å². The maximum Gasteiger partial charge on any atom is 0.124 e. The number of hydrogen-bond donors (Lipinski definition) is 0. The monoisotopic (exact) mass is 268 g/mol. The Morgan fingerprint density at radius 3 is 2.63 bits per heavy atom. The number of aromatic nitrogens is 1. The molecule has 0 fully saturated rings. The molecule has 3 rings (SSSR count). The maximum absolute atomic E-state index is 11.0. The highest BCUT2D eigenvalue weighted by Gasteiger charge is 2.12. The molecule has 3 nitrogen and oxygen atoms in total. The highest BCUT2D eigenvalue weighted by molar-refractivity contribution is 7.17. The third-order valence-electron chi connectivity index (χ3n) is 3.00. The van der Waals surface area contributed by atoms with E-state index in [1.165, 1.54) is 0 Å². The summed E-state index contributed by atoms with van der Waals surface area (Å²) in [6, 6.07) is 13.9. The number of benzene rings is 2. The van der Waals surface area contributed by atoms with Crippen LogP contribution in [0.3, 0.4) is 0 Å². The van der Waals surface area contributed by atoms with E-state index in [9.17, 15) is 9.90 Å². The Bertz CT molecular complexity index is 771. The van der Waals surface area contributed by atoms with Crippen LogP contribution in [0, 0.1) is 6.92 Å². The first kappa shape index (κ1) is 11.9. The summed E-state index contributed by atoms with van der Waals surface area (Å²) in [5.41, 5.74) is 1.46. The third kappa shape index (κ3) is 2.00. The lowest BCUT2D eigenvalue weighted by atomic mass is 10.1. The molecule has 0 saturated carbocycles. The molecule has 4 heteroatoms. The van der Waals surface area contributed by atoms with Gasteiger partial charge in [-0.05, 0) is 17.7 Å². The van der Waals surface area contributed by atoms with Crippen molar-refractivity contribution in [1.29, 1.82) is 0 Å². The molecule has 0 atom stereocenters. The number of hydrogen-bond acceptors (Lipinski definition) is 4. The number of thiazole rings is 1. The van der Waals surface area contributed by atoms with Gasteiger partial charge in [0.15, 0.2) is 0 Å². The topological polar surface area (TPSA) is 53.0 Å². The van der Waals surface area contributed by atoms with Gasteiger partial charge in [0.25, 0.3) is 0 Å². The zero-order valence-corrected chi connectivity index (χ0v) is 11.0. The highest BCUT2D eigenvalue weighted by Crippen LogP contribution is 2.32. The molecule has 1 aromatic heterocycles. The molecule has 0 bridgehead atoms. The predicted octanol–water partition coefficient (Wildman–Crippen LogP) is 2.64. The van der Waals surface area contributed by atoms with Crippen molar-refractivity contribution in [1.82, 2.24) is 4.98 Å². The van der Waals surface area contributed by atoms with Crippen LogP contribution in [-0.2, 0) is 0 Å². The van der Waals surface area contributed by atoms with E-state index in [1.807, 2.05) is 42.5 Å². The molecular formula is C15H10NO2S-. The molecular weight excluding hydrogens is 258 g/mol. The highest BCUT2D eigenvalue weighted by atomic mass is 32.1. The first-order valence-electron chi connectivity index (χ1n) is 5.84. The summed E-state index contributed by atoms with van der Waals surface area (Å²) in [6.45, 7) is 1.69. The average Bonchev–Trinajstić information content (AvgIpc) is 2.80. The Kier molecular flexibility index (Phi) is 2.80. The molecule has 0 spiro atoms. The van der Waals surface area contributed by atoms with Crippen LogP contribution in [0.25, 0.3) is 21.3 Å². The Morgan fingerprint density at radius 1 is 1.16 bits per heavy atom. The molecule has 94 valence electrons. The van der Waals surface area contributed by atoms with E-state index >= 15 is 0 Å². The zero-order chi connectivity index (χ0) is 13.4. The minimum atomic E-state index is -1.17. The van der Waals surface area contributed by atoms with Crippen molar-refractivity contribution in [2.24, 2.45) is 0 Å². The van der Waals surface area contributed by atoms with E-state index in [0.717, 1.165) is 27.7 Å². The smallest absolute Gasteiger partial charge is 0.124 e. The maximum atomic E-state index is 11.0. The number of aryl methyl sites for hydroxylation is 1. The lowest BCUT2D eigenvalue weighted by Crippen LogP contribution is -2.21. The van der Waals surface area contributed by atoms with Gasteiger partial charge in [0, 0.05) is 5.56 Å². The van der Waals surface area contributed by atoms with Gasteiger partial charge >= 0.3 is 0 Å². The second kappa shape index (κ2) is 4.48. The molecule has 0 aliphatic carbocycles. The first-order chi connectivity index (χ1) is 9.16. The van der Waals surface area contributed by atoms with Gasteiger partial charge in [0.1, 0.15) is 5.01 Å². The SMILES string of the molecule is Cc1nc(-c2cccc3ccccc23)sc1C(=O)[O-]. The Hall–Kier alpha value is -2.20. The van der Waals surface area contributed by atoms with Crippen molar-refractivity contribution in [2.75, 3.05) is 0 Å². The van der Waals surface area contributed by atoms with E-state index in [4.69, 9.17) is 0 Å². The molecule has 3 aromatic rings. The van der Waals surface area contributed by atoms with Gasteiger partial charge in [-0.3, -0.25) is 0 Å². The number of carbonyl (C=O) groups excluding carboxylic acids is 1. The van der Waals surface area contributed by atoms with Crippen LogP contribution in [0.4, 0.5) is 0 Å². The molecule has 0 N–H and O–H groups in total. The van der Waals surface area contributed by atoms with Crippen LogP contribution < -0.4 is 5.11 Å². The summed E-state index contributed by atoms with van der Waals surface area (Å²) in [4.78, 5) is 15.5. The quantitative estimate of drug-likeness (QED) is 0.718. The average molecular weight is 268 g/mol. The van der Waals surface area contributed by atoms with Crippen LogP contribution in [-0.4, -0.2) is 11.0 Å². The normalized spacial score (nSPS) is 10.8. The number of carboxylic acids is 1. The summed E-state index contributed by atoms with van der Waals surface area (Å²) in [7, 11) is 0. The summed E-state index contributed by atoms with van der Waals surface area (Å²) in [5.74, 6) is -1.17. The van der Waals surface area contributed by atoms with Crippen molar-refractivity contribution >= 4 is 28.1 Å². The van der Waals surface area contributed by atoms with Gasteiger partial charge in [-0.1, -0.05) is 42.5 Å². The standard InChI is InChI=1S/C15H11NO2S/c1-9-13(15(17)18)19-14(16-9)12-8-4-6-10-5-2-3-7-11(10)12/h2-8H,1H3,(H,17,18)/p-1. The molecule has 0 aliphatic heterocycles. The van der Waals surface area contributed by atoms with Crippen molar-refractivity contribution in [3.05, 3.63) is 53.0 Å². The van der Waals surface area contributed by atoms with Crippen molar-refractivity contribution < 1.29 is 9.90 Å². The summed E-state index contributed by atoms with van der Waals surface area (Å²) in [5, 5.41) is 13.9. The van der Waals surface area contributed by atoms with E-state index in [1.54, 1.807) is 6.92 Å². The van der Waals surface area contributed by atoms with E-state index in [2.05, 4.69) is 4.98 Å². The second-order valence-electron chi connectivity index (χ2n) is 4.25. The molecule has 1 heterocycles. The number of nitrogens with zero attached hydrogens (tertiary/aromatic N) is 1. The number of carboxylic acid groups (broad SMARTS) is 1. The van der Waals surface area contributed by atoms with Gasteiger partial charge in [-0.15, -0.1) is 11.3 Å². The number of aromatic carboxylic acids is 1. The van der Waals surface area contributed by atoms with Crippen LogP contribution in [0.2, 0.25) is 0 Å². The Labute approximate surface area is 114 Å². The van der Waals surface area contributed by atoms with Gasteiger partial charge in [-0.25, -0.2) is 4.98 Å². The lowest BCUT2D eigenvalue weighted by Gasteiger charge is -2.02. The van der Waals surface area contributed by atoms with Gasteiger partial charge in [0.05, 0.1) is 16.5 Å². The Balaban J connectivity index is 2.25. The number of carbonyl (C=O) groups is 1.